The van der Waals surface area contributed by atoms with Crippen LogP contribution in [0.15, 0.2) is 48.5 Å². The second-order valence-corrected chi connectivity index (χ2v) is 5.91. The summed E-state index contributed by atoms with van der Waals surface area (Å²) in [7, 11) is 0. The van der Waals surface area contributed by atoms with Gasteiger partial charge in [0.1, 0.15) is 0 Å². The van der Waals surface area contributed by atoms with E-state index in [9.17, 15) is 4.79 Å². The number of nitrogens with one attached hydrogen (secondary N) is 2. The summed E-state index contributed by atoms with van der Waals surface area (Å²) in [6.45, 7) is 5.73. The Morgan fingerprint density at radius 3 is 2.18 bits per heavy atom. The van der Waals surface area contributed by atoms with Crippen molar-refractivity contribution in [3.63, 3.8) is 0 Å². The van der Waals surface area contributed by atoms with E-state index in [-0.39, 0.29) is 18.0 Å². The highest BCUT2D eigenvalue weighted by molar-refractivity contribution is 6.30. The van der Waals surface area contributed by atoms with Gasteiger partial charge in [-0.2, -0.15) is 0 Å². The van der Waals surface area contributed by atoms with Crippen LogP contribution >= 0.6 is 11.6 Å². The van der Waals surface area contributed by atoms with Crippen molar-refractivity contribution < 1.29 is 4.79 Å². The molecule has 3 nitrogen and oxygen atoms in total. The van der Waals surface area contributed by atoms with Crippen LogP contribution in [0.2, 0.25) is 5.02 Å². The molecule has 0 aliphatic rings. The number of carbonyl (C=O) groups excluding carboxylic acids is 1. The minimum absolute atomic E-state index is 0.0648. The van der Waals surface area contributed by atoms with Crippen LogP contribution in [0.5, 0.6) is 0 Å². The molecule has 0 radical (unpaired) electrons. The normalized spacial score (nSPS) is 13.5. The van der Waals surface area contributed by atoms with Crippen LogP contribution in [0.25, 0.3) is 0 Å². The number of amides is 1. The highest BCUT2D eigenvalue weighted by Crippen LogP contribution is 2.23. The van der Waals surface area contributed by atoms with Gasteiger partial charge in [-0.25, -0.2) is 0 Å². The van der Waals surface area contributed by atoms with E-state index in [1.54, 1.807) is 0 Å². The summed E-state index contributed by atoms with van der Waals surface area (Å²) in [6.07, 6.45) is 0. The molecule has 0 aliphatic heterocycles. The van der Waals surface area contributed by atoms with Gasteiger partial charge in [-0.3, -0.25) is 4.79 Å². The maximum Gasteiger partial charge on any atom is 0.221 e. The molecule has 2 aromatic rings. The maximum atomic E-state index is 11.1. The fourth-order valence-corrected chi connectivity index (χ4v) is 2.63. The lowest BCUT2D eigenvalue weighted by Crippen LogP contribution is -2.22. The molecule has 2 unspecified atom stereocenters. The van der Waals surface area contributed by atoms with Gasteiger partial charge in [-0.15, -0.1) is 0 Å². The molecule has 0 heterocycles. The standard InChI is InChI=1S/C18H21ClN2O/c1-12(15-6-4-8-17(19)10-15)20-13(2)16-7-5-9-18(11-16)21-14(3)22/h4-13,20H,1-3H3,(H,21,22). The van der Waals surface area contributed by atoms with Gasteiger partial charge in [0.2, 0.25) is 5.91 Å². The lowest BCUT2D eigenvalue weighted by atomic mass is 10.0. The Balaban J connectivity index is 2.08. The van der Waals surface area contributed by atoms with Gasteiger partial charge < -0.3 is 10.6 Å². The van der Waals surface area contributed by atoms with E-state index in [0.717, 1.165) is 21.8 Å². The Morgan fingerprint density at radius 1 is 1.00 bits per heavy atom. The fourth-order valence-electron chi connectivity index (χ4n) is 2.43. The van der Waals surface area contributed by atoms with Gasteiger partial charge in [0.25, 0.3) is 0 Å². The first-order chi connectivity index (χ1) is 10.5. The summed E-state index contributed by atoms with van der Waals surface area (Å²) in [5.74, 6) is -0.0648. The van der Waals surface area contributed by atoms with E-state index in [1.807, 2.05) is 42.5 Å². The van der Waals surface area contributed by atoms with Crippen LogP contribution in [0, 0.1) is 0 Å². The molecule has 0 saturated carbocycles. The second kappa shape index (κ2) is 7.43. The molecule has 116 valence electrons. The zero-order valence-electron chi connectivity index (χ0n) is 13.1. The Bertz CT molecular complexity index is 657. The molecule has 0 bridgehead atoms. The summed E-state index contributed by atoms with van der Waals surface area (Å²) in [6, 6.07) is 16.1. The molecule has 2 rings (SSSR count). The van der Waals surface area contributed by atoms with Crippen LogP contribution in [0.1, 0.15) is 44.0 Å². The van der Waals surface area contributed by atoms with Crippen molar-refractivity contribution in [3.05, 3.63) is 64.7 Å². The monoisotopic (exact) mass is 316 g/mol. The maximum absolute atomic E-state index is 11.1. The lowest BCUT2D eigenvalue weighted by Gasteiger charge is -2.21. The van der Waals surface area contributed by atoms with Crippen molar-refractivity contribution in [2.45, 2.75) is 32.9 Å². The van der Waals surface area contributed by atoms with Gasteiger partial charge in [0.05, 0.1) is 0 Å². The molecular weight excluding hydrogens is 296 g/mol. The predicted octanol–water partition coefficient (Wildman–Crippen LogP) is 4.71. The topological polar surface area (TPSA) is 41.1 Å². The van der Waals surface area contributed by atoms with Crippen LogP contribution in [0.4, 0.5) is 5.69 Å². The minimum atomic E-state index is -0.0648. The summed E-state index contributed by atoms with van der Waals surface area (Å²) in [5, 5.41) is 7.10. The predicted molar refractivity (Wildman–Crippen MR) is 92.2 cm³/mol. The molecule has 2 atom stereocenters. The Labute approximate surface area is 136 Å². The summed E-state index contributed by atoms with van der Waals surface area (Å²) >= 11 is 6.04. The molecule has 0 aliphatic carbocycles. The molecule has 0 spiro atoms. The number of anilines is 1. The Morgan fingerprint density at radius 2 is 1.59 bits per heavy atom. The molecule has 0 fully saturated rings. The van der Waals surface area contributed by atoms with E-state index in [0.29, 0.717) is 0 Å². The molecule has 1 amide bonds. The van der Waals surface area contributed by atoms with Crippen molar-refractivity contribution in [2.24, 2.45) is 0 Å². The number of halogens is 1. The SMILES string of the molecule is CC(=O)Nc1cccc(C(C)NC(C)c2cccc(Cl)c2)c1. The number of hydrogen-bond donors (Lipinski definition) is 2. The van der Waals surface area contributed by atoms with Crippen LogP contribution < -0.4 is 10.6 Å². The minimum Gasteiger partial charge on any atom is -0.326 e. The second-order valence-electron chi connectivity index (χ2n) is 5.47. The summed E-state index contributed by atoms with van der Waals surface area (Å²) in [5.41, 5.74) is 3.09. The number of hydrogen-bond acceptors (Lipinski definition) is 2. The van der Waals surface area contributed by atoms with Crippen molar-refractivity contribution in [1.82, 2.24) is 5.32 Å². The van der Waals surface area contributed by atoms with Crippen LogP contribution in [-0.2, 0) is 4.79 Å². The van der Waals surface area contributed by atoms with Crippen molar-refractivity contribution in [1.29, 1.82) is 0 Å². The third kappa shape index (κ3) is 4.58. The summed E-state index contributed by atoms with van der Waals surface area (Å²) in [4.78, 5) is 11.1. The number of rotatable bonds is 5. The zero-order valence-corrected chi connectivity index (χ0v) is 13.8. The quantitative estimate of drug-likeness (QED) is 0.838. The third-order valence-electron chi connectivity index (χ3n) is 3.56. The van der Waals surface area contributed by atoms with Gasteiger partial charge in [-0.1, -0.05) is 35.9 Å². The first-order valence-electron chi connectivity index (χ1n) is 7.35. The van der Waals surface area contributed by atoms with Crippen molar-refractivity contribution in [3.8, 4) is 0 Å². The van der Waals surface area contributed by atoms with E-state index < -0.39 is 0 Å². The molecule has 4 heteroatoms. The van der Waals surface area contributed by atoms with Crippen molar-refractivity contribution >= 4 is 23.2 Å². The lowest BCUT2D eigenvalue weighted by molar-refractivity contribution is -0.114. The van der Waals surface area contributed by atoms with E-state index >= 15 is 0 Å². The average Bonchev–Trinajstić information content (AvgIpc) is 2.46. The van der Waals surface area contributed by atoms with Gasteiger partial charge in [0.15, 0.2) is 0 Å². The largest absolute Gasteiger partial charge is 0.326 e. The molecule has 0 aromatic heterocycles. The van der Waals surface area contributed by atoms with Crippen molar-refractivity contribution in [2.75, 3.05) is 5.32 Å². The van der Waals surface area contributed by atoms with Gasteiger partial charge >= 0.3 is 0 Å². The first kappa shape index (κ1) is 16.5. The fraction of sp³-hybridized carbons (Fsp3) is 0.278. The highest BCUT2D eigenvalue weighted by Gasteiger charge is 2.12. The zero-order chi connectivity index (χ0) is 16.1. The van der Waals surface area contributed by atoms with Crippen LogP contribution in [-0.4, -0.2) is 5.91 Å². The molecule has 0 saturated heterocycles. The van der Waals surface area contributed by atoms with E-state index in [1.165, 1.54) is 6.92 Å². The number of benzene rings is 2. The Kier molecular flexibility index (Phi) is 5.58. The van der Waals surface area contributed by atoms with Gasteiger partial charge in [-0.05, 0) is 49.2 Å². The molecule has 2 aromatic carbocycles. The Hall–Kier alpha value is -1.84. The van der Waals surface area contributed by atoms with E-state index in [2.05, 4.69) is 30.5 Å². The average molecular weight is 317 g/mol. The molecule has 22 heavy (non-hydrogen) atoms. The third-order valence-corrected chi connectivity index (χ3v) is 3.79. The number of carbonyl (C=O) groups is 1. The van der Waals surface area contributed by atoms with E-state index in [4.69, 9.17) is 11.6 Å². The smallest absolute Gasteiger partial charge is 0.221 e. The van der Waals surface area contributed by atoms with Gasteiger partial charge in [0, 0.05) is 29.7 Å². The molecular formula is C18H21ClN2O. The molecule has 2 N–H and O–H groups in total. The summed E-state index contributed by atoms with van der Waals surface area (Å²) < 4.78 is 0. The van der Waals surface area contributed by atoms with Crippen LogP contribution in [0.3, 0.4) is 0 Å². The first-order valence-corrected chi connectivity index (χ1v) is 7.72. The highest BCUT2D eigenvalue weighted by atomic mass is 35.5.